The summed E-state index contributed by atoms with van der Waals surface area (Å²) < 4.78 is 7.42. The molecule has 1 aromatic carbocycles. The highest BCUT2D eigenvalue weighted by Gasteiger charge is 2.05. The van der Waals surface area contributed by atoms with Crippen molar-refractivity contribution in [1.29, 1.82) is 0 Å². The van der Waals surface area contributed by atoms with E-state index in [1.165, 1.54) is 9.75 Å². The first kappa shape index (κ1) is 18.3. The van der Waals surface area contributed by atoms with Crippen LogP contribution in [0.5, 0.6) is 5.75 Å². The highest BCUT2D eigenvalue weighted by atomic mass is 32.1. The first-order valence-electron chi connectivity index (χ1n) is 8.81. The van der Waals surface area contributed by atoms with E-state index < -0.39 is 0 Å². The van der Waals surface area contributed by atoms with Gasteiger partial charge >= 0.3 is 0 Å². The Morgan fingerprint density at radius 2 is 1.96 bits per heavy atom. The Morgan fingerprint density at radius 1 is 1.15 bits per heavy atom. The molecule has 2 N–H and O–H groups in total. The number of ether oxygens (including phenoxy) is 1. The number of nitrogens with two attached hydrogens (primary N) is 1. The number of nitrogen functional groups attached to an aromatic ring is 1. The van der Waals surface area contributed by atoms with Crippen molar-refractivity contribution in [2.24, 2.45) is 0 Å². The molecule has 2 heterocycles. The minimum Gasteiger partial charge on any atom is -0.493 e. The van der Waals surface area contributed by atoms with Crippen LogP contribution in [0.1, 0.15) is 27.8 Å². The summed E-state index contributed by atoms with van der Waals surface area (Å²) in [5.41, 5.74) is 8.68. The van der Waals surface area contributed by atoms with Crippen molar-refractivity contribution in [1.82, 2.24) is 4.57 Å². The lowest BCUT2D eigenvalue weighted by molar-refractivity contribution is 0.321. The predicted octanol–water partition coefficient (Wildman–Crippen LogP) is 4.03. The Morgan fingerprint density at radius 3 is 2.69 bits per heavy atom. The highest BCUT2D eigenvalue weighted by molar-refractivity contribution is 7.11. The zero-order valence-corrected chi connectivity index (χ0v) is 16.0. The SMILES string of the molecule is CCc1ccc(CCOc2ccn(Cc3cccc(N)c3C)c(=O)c2)s1. The van der Waals surface area contributed by atoms with Gasteiger partial charge in [-0.2, -0.15) is 0 Å². The second-order valence-corrected chi connectivity index (χ2v) is 7.53. The van der Waals surface area contributed by atoms with Gasteiger partial charge in [-0.3, -0.25) is 4.79 Å². The fourth-order valence-corrected chi connectivity index (χ4v) is 3.72. The van der Waals surface area contributed by atoms with E-state index in [-0.39, 0.29) is 5.56 Å². The molecule has 3 rings (SSSR count). The Bertz CT molecular complexity index is 943. The molecule has 0 unspecified atom stereocenters. The number of aryl methyl sites for hydroxylation is 1. The Kier molecular flexibility index (Phi) is 5.78. The Balaban J connectivity index is 1.62. The summed E-state index contributed by atoms with van der Waals surface area (Å²) in [6.07, 6.45) is 3.70. The molecule has 3 aromatic rings. The molecule has 5 heteroatoms. The molecule has 0 bridgehead atoms. The first-order chi connectivity index (χ1) is 12.6. The zero-order chi connectivity index (χ0) is 18.5. The van der Waals surface area contributed by atoms with Gasteiger partial charge in [-0.1, -0.05) is 19.1 Å². The van der Waals surface area contributed by atoms with Gasteiger partial charge < -0.3 is 15.0 Å². The third kappa shape index (κ3) is 4.35. The predicted molar refractivity (Wildman–Crippen MR) is 108 cm³/mol. The van der Waals surface area contributed by atoms with Gasteiger partial charge in [0.15, 0.2) is 0 Å². The first-order valence-corrected chi connectivity index (χ1v) is 9.63. The van der Waals surface area contributed by atoms with Gasteiger partial charge in [-0.25, -0.2) is 0 Å². The minimum atomic E-state index is -0.0753. The summed E-state index contributed by atoms with van der Waals surface area (Å²) in [5, 5.41) is 0. The Labute approximate surface area is 157 Å². The van der Waals surface area contributed by atoms with Gasteiger partial charge in [0, 0.05) is 34.1 Å². The minimum absolute atomic E-state index is 0.0753. The van der Waals surface area contributed by atoms with Crippen LogP contribution in [0.4, 0.5) is 5.69 Å². The van der Waals surface area contributed by atoms with Crippen molar-refractivity contribution >= 4 is 17.0 Å². The summed E-state index contributed by atoms with van der Waals surface area (Å²) in [5.74, 6) is 0.614. The maximum Gasteiger partial charge on any atom is 0.254 e. The summed E-state index contributed by atoms with van der Waals surface area (Å²) >= 11 is 1.82. The van der Waals surface area contributed by atoms with Gasteiger partial charge in [0.1, 0.15) is 5.75 Å². The van der Waals surface area contributed by atoms with Gasteiger partial charge in [0.05, 0.1) is 13.2 Å². The average molecular weight is 369 g/mol. The second kappa shape index (κ2) is 8.23. The number of rotatable bonds is 7. The molecule has 0 atom stereocenters. The van der Waals surface area contributed by atoms with Crippen molar-refractivity contribution in [3.05, 3.63) is 79.9 Å². The molecule has 0 saturated heterocycles. The van der Waals surface area contributed by atoms with E-state index in [1.54, 1.807) is 16.8 Å². The topological polar surface area (TPSA) is 57.2 Å². The van der Waals surface area contributed by atoms with Crippen LogP contribution in [0.15, 0.2) is 53.5 Å². The molecule has 4 nitrogen and oxygen atoms in total. The van der Waals surface area contributed by atoms with Gasteiger partial charge in [0.25, 0.3) is 5.56 Å². The lowest BCUT2D eigenvalue weighted by Crippen LogP contribution is -2.20. The second-order valence-electron chi connectivity index (χ2n) is 6.28. The maximum absolute atomic E-state index is 12.4. The van der Waals surface area contributed by atoms with Crippen molar-refractivity contribution in [2.45, 2.75) is 33.2 Å². The molecule has 0 radical (unpaired) electrons. The summed E-state index contributed by atoms with van der Waals surface area (Å²) in [7, 11) is 0. The van der Waals surface area contributed by atoms with Gasteiger partial charge in [-0.05, 0) is 48.7 Å². The summed E-state index contributed by atoms with van der Waals surface area (Å²) in [6.45, 7) is 5.21. The number of hydrogen-bond acceptors (Lipinski definition) is 4. The van der Waals surface area contributed by atoms with Crippen LogP contribution in [0.25, 0.3) is 0 Å². The number of benzene rings is 1. The van der Waals surface area contributed by atoms with Crippen molar-refractivity contribution in [2.75, 3.05) is 12.3 Å². The Hall–Kier alpha value is -2.53. The average Bonchev–Trinajstić information content (AvgIpc) is 3.09. The largest absolute Gasteiger partial charge is 0.493 e. The molecule has 2 aromatic heterocycles. The molecule has 0 saturated carbocycles. The number of anilines is 1. The fourth-order valence-electron chi connectivity index (χ4n) is 2.78. The van der Waals surface area contributed by atoms with Crippen molar-refractivity contribution < 1.29 is 4.74 Å². The molecule has 0 fully saturated rings. The molecule has 0 aliphatic heterocycles. The monoisotopic (exact) mass is 368 g/mol. The summed E-state index contributed by atoms with van der Waals surface area (Å²) in [6, 6.07) is 13.5. The molecular weight excluding hydrogens is 344 g/mol. The molecule has 136 valence electrons. The zero-order valence-electron chi connectivity index (χ0n) is 15.2. The quantitative estimate of drug-likeness (QED) is 0.641. The standard InChI is InChI=1S/C21H24N2O2S/c1-3-18-7-8-19(26-18)10-12-25-17-9-11-23(21(24)13-17)14-16-5-4-6-20(22)15(16)2/h4-9,11,13H,3,10,12,14,22H2,1-2H3. The number of pyridine rings is 1. The van der Waals surface area contributed by atoms with Crippen LogP contribution in [-0.4, -0.2) is 11.2 Å². The van der Waals surface area contributed by atoms with Crippen LogP contribution < -0.4 is 16.0 Å². The molecular formula is C21H24N2O2S. The van der Waals surface area contributed by atoms with E-state index in [0.717, 1.165) is 29.7 Å². The van der Waals surface area contributed by atoms with E-state index in [2.05, 4.69) is 19.1 Å². The van der Waals surface area contributed by atoms with Crippen LogP contribution in [0, 0.1) is 6.92 Å². The smallest absolute Gasteiger partial charge is 0.254 e. The van der Waals surface area contributed by atoms with E-state index in [0.29, 0.717) is 18.9 Å². The van der Waals surface area contributed by atoms with Crippen molar-refractivity contribution in [3.63, 3.8) is 0 Å². The normalized spacial score (nSPS) is 10.8. The molecule has 26 heavy (non-hydrogen) atoms. The molecule has 0 aliphatic carbocycles. The van der Waals surface area contributed by atoms with E-state index in [1.807, 2.05) is 42.5 Å². The van der Waals surface area contributed by atoms with Gasteiger partial charge in [-0.15, -0.1) is 11.3 Å². The molecule has 0 amide bonds. The summed E-state index contributed by atoms with van der Waals surface area (Å²) in [4.78, 5) is 15.1. The molecule has 0 spiro atoms. The maximum atomic E-state index is 12.4. The number of hydrogen-bond donors (Lipinski definition) is 1. The number of thiophene rings is 1. The lowest BCUT2D eigenvalue weighted by atomic mass is 10.1. The van der Waals surface area contributed by atoms with E-state index in [4.69, 9.17) is 10.5 Å². The van der Waals surface area contributed by atoms with Gasteiger partial charge in [0.2, 0.25) is 0 Å². The fraction of sp³-hybridized carbons (Fsp3) is 0.286. The highest BCUT2D eigenvalue weighted by Crippen LogP contribution is 2.18. The third-order valence-electron chi connectivity index (χ3n) is 4.48. The lowest BCUT2D eigenvalue weighted by Gasteiger charge is -2.11. The van der Waals surface area contributed by atoms with Crippen LogP contribution in [-0.2, 0) is 19.4 Å². The van der Waals surface area contributed by atoms with E-state index >= 15 is 0 Å². The van der Waals surface area contributed by atoms with Crippen LogP contribution in [0.2, 0.25) is 0 Å². The van der Waals surface area contributed by atoms with Crippen LogP contribution in [0.3, 0.4) is 0 Å². The van der Waals surface area contributed by atoms with E-state index in [9.17, 15) is 4.79 Å². The third-order valence-corrected chi connectivity index (χ3v) is 5.77. The van der Waals surface area contributed by atoms with Crippen LogP contribution >= 0.6 is 11.3 Å². The van der Waals surface area contributed by atoms with Crippen molar-refractivity contribution in [3.8, 4) is 5.75 Å². The number of aromatic nitrogens is 1. The number of nitrogens with zero attached hydrogens (tertiary/aromatic N) is 1. The molecule has 0 aliphatic rings.